The third-order valence-electron chi connectivity index (χ3n) is 7.15. The van der Waals surface area contributed by atoms with Gasteiger partial charge in [-0.25, -0.2) is 4.39 Å². The zero-order chi connectivity index (χ0) is 31.3. The third-order valence-corrected chi connectivity index (χ3v) is 7.15. The number of aromatic hydroxyl groups is 1. The Bertz CT molecular complexity index is 1900. The number of fused-ring (bicyclic) bond motifs is 2. The summed E-state index contributed by atoms with van der Waals surface area (Å²) in [6.07, 6.45) is 0.665. The molecular formula is C35H27Cl4FO3Sn. The van der Waals surface area contributed by atoms with Crippen molar-refractivity contribution in [3.05, 3.63) is 138 Å². The molecule has 0 bridgehead atoms. The predicted octanol–water partition coefficient (Wildman–Crippen LogP) is 11.1. The van der Waals surface area contributed by atoms with Gasteiger partial charge in [0, 0.05) is 11.1 Å². The standard InChI is InChI=1S/C35H27FO3.4ClH.Sn/c1-38-28-18-14-23(15-19-28)20-26-17-16-24-8-2-5-11-29(24)33(26)34-30-12-6-3-9-25(30)21-32(35(34)37)39-22-27-10-4-7-13-31(27)36;;;;;/h2-19,21,37H,20,22H2,1H3;4*1H;/q;;;;;+4/p-4. The second kappa shape index (κ2) is 14.5. The van der Waals surface area contributed by atoms with Crippen molar-refractivity contribution < 1.29 is 19.0 Å². The number of phenols is 1. The van der Waals surface area contributed by atoms with Crippen molar-refractivity contribution in [2.24, 2.45) is 0 Å². The van der Waals surface area contributed by atoms with Crippen LogP contribution in [0.5, 0.6) is 17.2 Å². The van der Waals surface area contributed by atoms with Crippen molar-refractivity contribution in [1.82, 2.24) is 0 Å². The van der Waals surface area contributed by atoms with Crippen LogP contribution in [0.1, 0.15) is 16.7 Å². The van der Waals surface area contributed by atoms with Crippen molar-refractivity contribution in [3.63, 3.8) is 0 Å². The summed E-state index contributed by atoms with van der Waals surface area (Å²) in [4.78, 5) is 0. The van der Waals surface area contributed by atoms with Crippen LogP contribution in [-0.4, -0.2) is 26.1 Å². The van der Waals surface area contributed by atoms with Gasteiger partial charge in [-0.05, 0) is 68.9 Å². The Balaban J connectivity index is 0.000000712. The van der Waals surface area contributed by atoms with Crippen LogP contribution in [0, 0.1) is 5.82 Å². The number of rotatable bonds is 7. The van der Waals surface area contributed by atoms with Gasteiger partial charge >= 0.3 is 49.6 Å². The van der Waals surface area contributed by atoms with Gasteiger partial charge in [-0.15, -0.1) is 0 Å². The summed E-state index contributed by atoms with van der Waals surface area (Å²) in [5.74, 6) is 0.822. The molecule has 3 nitrogen and oxygen atoms in total. The van der Waals surface area contributed by atoms with Gasteiger partial charge in [0.15, 0.2) is 11.5 Å². The molecule has 6 aromatic carbocycles. The number of benzene rings is 6. The van der Waals surface area contributed by atoms with E-state index in [1.807, 2.05) is 54.6 Å². The molecule has 0 amide bonds. The molecule has 0 aromatic heterocycles. The Morgan fingerprint density at radius 1 is 0.682 bits per heavy atom. The van der Waals surface area contributed by atoms with Crippen LogP contribution >= 0.6 is 35.7 Å². The summed E-state index contributed by atoms with van der Waals surface area (Å²) in [5, 5.41) is 15.7. The number of halogens is 5. The van der Waals surface area contributed by atoms with E-state index in [1.54, 1.807) is 25.3 Å². The Morgan fingerprint density at radius 3 is 1.93 bits per heavy atom. The molecule has 44 heavy (non-hydrogen) atoms. The summed E-state index contributed by atoms with van der Waals surface area (Å²) >= 11 is -3.29. The van der Waals surface area contributed by atoms with Crippen molar-refractivity contribution in [2.45, 2.75) is 13.0 Å². The molecule has 0 heterocycles. The Labute approximate surface area is 274 Å². The van der Waals surface area contributed by atoms with E-state index in [9.17, 15) is 9.50 Å². The van der Waals surface area contributed by atoms with Gasteiger partial charge in [0.25, 0.3) is 0 Å². The number of ether oxygens (including phenoxy) is 2. The molecule has 0 spiro atoms. The molecule has 0 fully saturated rings. The predicted molar refractivity (Wildman–Crippen MR) is 184 cm³/mol. The van der Waals surface area contributed by atoms with Gasteiger partial charge in [-0.1, -0.05) is 91.0 Å². The van der Waals surface area contributed by atoms with E-state index in [2.05, 4.69) is 36.4 Å². The molecule has 9 heteroatoms. The third kappa shape index (κ3) is 8.04. The first-order valence-electron chi connectivity index (χ1n) is 13.6. The van der Waals surface area contributed by atoms with Crippen LogP contribution in [-0.2, 0) is 13.0 Å². The van der Waals surface area contributed by atoms with Gasteiger partial charge < -0.3 is 14.6 Å². The molecule has 224 valence electrons. The molecule has 6 aromatic rings. The first-order chi connectivity index (χ1) is 21.1. The van der Waals surface area contributed by atoms with Crippen molar-refractivity contribution >= 4 is 71.1 Å². The van der Waals surface area contributed by atoms with Gasteiger partial charge in [0.1, 0.15) is 18.2 Å². The van der Waals surface area contributed by atoms with E-state index in [1.165, 1.54) is 6.07 Å². The van der Waals surface area contributed by atoms with Gasteiger partial charge in [0.2, 0.25) is 0 Å². The minimum atomic E-state index is -3.29. The van der Waals surface area contributed by atoms with Crippen LogP contribution < -0.4 is 9.47 Å². The number of hydrogen-bond donors (Lipinski definition) is 1. The summed E-state index contributed by atoms with van der Waals surface area (Å²) in [6, 6.07) is 36.8. The van der Waals surface area contributed by atoms with Crippen LogP contribution in [0.25, 0.3) is 32.7 Å². The SMILES string of the molecule is COc1ccc(Cc2ccc3ccccc3c2-c2c(O)c(OCc3ccccc3F)cc3ccccc23)cc1.[Cl][Sn]([Cl])([Cl])[Cl]. The zero-order valence-corrected chi connectivity index (χ0v) is 29.4. The van der Waals surface area contributed by atoms with E-state index >= 15 is 0 Å². The molecule has 0 radical (unpaired) electrons. The summed E-state index contributed by atoms with van der Waals surface area (Å²) < 4.78 is 25.7. The van der Waals surface area contributed by atoms with Crippen molar-refractivity contribution in [1.29, 1.82) is 0 Å². The minimum absolute atomic E-state index is 0.00621. The second-order valence-electron chi connectivity index (χ2n) is 9.97. The van der Waals surface area contributed by atoms with E-state index in [4.69, 9.17) is 45.2 Å². The Morgan fingerprint density at radius 2 is 1.27 bits per heavy atom. The van der Waals surface area contributed by atoms with Crippen molar-refractivity contribution in [2.75, 3.05) is 7.11 Å². The van der Waals surface area contributed by atoms with Gasteiger partial charge in [0.05, 0.1) is 7.11 Å². The Hall–Kier alpha value is -2.87. The van der Waals surface area contributed by atoms with Gasteiger partial charge in [-0.3, -0.25) is 0 Å². The number of methoxy groups -OCH3 is 1. The quantitative estimate of drug-likeness (QED) is 0.164. The fraction of sp³-hybridized carbons (Fsp3) is 0.0857. The molecule has 1 N–H and O–H groups in total. The van der Waals surface area contributed by atoms with Gasteiger partial charge in [-0.2, -0.15) is 0 Å². The topological polar surface area (TPSA) is 38.7 Å². The first kappa shape index (κ1) is 32.5. The summed E-state index contributed by atoms with van der Waals surface area (Å²) in [5.41, 5.74) is 4.29. The van der Waals surface area contributed by atoms with Crippen molar-refractivity contribution in [3.8, 4) is 28.4 Å². The van der Waals surface area contributed by atoms with E-state index in [0.717, 1.165) is 44.0 Å². The van der Waals surface area contributed by atoms with Crippen LogP contribution in [0.4, 0.5) is 4.39 Å². The molecule has 0 atom stereocenters. The maximum atomic E-state index is 14.3. The zero-order valence-electron chi connectivity index (χ0n) is 23.5. The van der Waals surface area contributed by atoms with E-state index in [0.29, 0.717) is 23.3 Å². The van der Waals surface area contributed by atoms with E-state index < -0.39 is 13.9 Å². The molecule has 0 aliphatic heterocycles. The molecular weight excluding hydrogens is 748 g/mol. The molecule has 0 aliphatic rings. The number of hydrogen-bond acceptors (Lipinski definition) is 3. The molecule has 0 saturated carbocycles. The van der Waals surface area contributed by atoms with Crippen LogP contribution in [0.15, 0.2) is 115 Å². The van der Waals surface area contributed by atoms with Crippen LogP contribution in [0.2, 0.25) is 0 Å². The maximum absolute atomic E-state index is 14.3. The molecule has 0 aliphatic carbocycles. The Kier molecular flexibility index (Phi) is 10.7. The average Bonchev–Trinajstić information content (AvgIpc) is 3.01. The molecule has 0 saturated heterocycles. The first-order valence-corrected chi connectivity index (χ1v) is 28.1. The second-order valence-corrected chi connectivity index (χ2v) is 35.4. The van der Waals surface area contributed by atoms with E-state index in [-0.39, 0.29) is 18.2 Å². The molecule has 0 unspecified atom stereocenters. The fourth-order valence-electron chi connectivity index (χ4n) is 5.17. The number of phenolic OH excluding ortho intramolecular Hbond substituents is 1. The van der Waals surface area contributed by atoms with Crippen LogP contribution in [0.3, 0.4) is 0 Å². The normalized spacial score (nSPS) is 11.2. The average molecular weight is 775 g/mol. The molecule has 6 rings (SSSR count). The fourth-order valence-corrected chi connectivity index (χ4v) is 5.17. The summed E-state index contributed by atoms with van der Waals surface area (Å²) in [6.45, 7) is 0.00621. The summed E-state index contributed by atoms with van der Waals surface area (Å²) in [7, 11) is 21.8. The monoisotopic (exact) mass is 774 g/mol.